The van der Waals surface area contributed by atoms with Crippen LogP contribution in [0.15, 0.2) is 84.9 Å². The molecule has 0 aromatic heterocycles. The highest BCUT2D eigenvalue weighted by Gasteiger charge is 2.42. The largest absolute Gasteiger partial charge is 0.467 e. The molecule has 0 saturated heterocycles. The number of benzene rings is 3. The molecule has 0 amide bonds. The molecular formula is C23H23NO2. The predicted octanol–water partition coefficient (Wildman–Crippen LogP) is 4.20. The molecule has 0 radical (unpaired) electrons. The van der Waals surface area contributed by atoms with Crippen molar-refractivity contribution >= 4 is 5.97 Å². The molecule has 132 valence electrons. The highest BCUT2D eigenvalue weighted by atomic mass is 16.5. The van der Waals surface area contributed by atoms with E-state index >= 15 is 0 Å². The Morgan fingerprint density at radius 2 is 1.46 bits per heavy atom. The van der Waals surface area contributed by atoms with Gasteiger partial charge in [0.05, 0.1) is 7.11 Å². The lowest BCUT2D eigenvalue weighted by molar-refractivity contribution is -0.147. The average Bonchev–Trinajstić information content (AvgIpc) is 2.70. The summed E-state index contributed by atoms with van der Waals surface area (Å²) in [5.74, 6) is -0.331. The second kappa shape index (κ2) is 7.98. The number of rotatable bonds is 6. The van der Waals surface area contributed by atoms with E-state index in [1.165, 1.54) is 12.7 Å². The molecule has 3 rings (SSSR count). The van der Waals surface area contributed by atoms with Gasteiger partial charge in [0.2, 0.25) is 0 Å². The molecular weight excluding hydrogens is 322 g/mol. The minimum Gasteiger partial charge on any atom is -0.467 e. The number of carbonyl (C=O) groups excluding carboxylic acids is 1. The van der Waals surface area contributed by atoms with Gasteiger partial charge in [-0.3, -0.25) is 5.32 Å². The minimum absolute atomic E-state index is 0.331. The van der Waals surface area contributed by atoms with Crippen molar-refractivity contribution in [2.24, 2.45) is 0 Å². The number of hydrogen-bond donors (Lipinski definition) is 1. The molecule has 3 heteroatoms. The molecule has 0 aliphatic carbocycles. The van der Waals surface area contributed by atoms with Crippen LogP contribution in [0.5, 0.6) is 0 Å². The van der Waals surface area contributed by atoms with Gasteiger partial charge >= 0.3 is 5.97 Å². The normalized spacial score (nSPS) is 11.2. The fourth-order valence-corrected chi connectivity index (χ4v) is 3.26. The summed E-state index contributed by atoms with van der Waals surface area (Å²) in [4.78, 5) is 13.0. The summed E-state index contributed by atoms with van der Waals surface area (Å²) < 4.78 is 5.24. The Labute approximate surface area is 154 Å². The fourth-order valence-electron chi connectivity index (χ4n) is 3.26. The molecule has 0 aliphatic rings. The van der Waals surface area contributed by atoms with Gasteiger partial charge in [0, 0.05) is 6.54 Å². The summed E-state index contributed by atoms with van der Waals surface area (Å²) in [7, 11) is 1.43. The van der Waals surface area contributed by atoms with E-state index in [4.69, 9.17) is 4.74 Å². The van der Waals surface area contributed by atoms with Crippen LogP contribution in [0.3, 0.4) is 0 Å². The van der Waals surface area contributed by atoms with Crippen molar-refractivity contribution in [2.45, 2.75) is 19.0 Å². The first kappa shape index (κ1) is 17.9. The third-order valence-corrected chi connectivity index (χ3v) is 4.55. The van der Waals surface area contributed by atoms with Gasteiger partial charge in [0.25, 0.3) is 0 Å². The Balaban J connectivity index is 2.09. The highest BCUT2D eigenvalue weighted by molar-refractivity contribution is 5.87. The van der Waals surface area contributed by atoms with E-state index in [0.717, 1.165) is 16.7 Å². The Hall–Kier alpha value is -2.91. The van der Waals surface area contributed by atoms with Crippen molar-refractivity contribution in [3.63, 3.8) is 0 Å². The zero-order valence-electron chi connectivity index (χ0n) is 15.1. The minimum atomic E-state index is -1.07. The van der Waals surface area contributed by atoms with Crippen molar-refractivity contribution < 1.29 is 9.53 Å². The van der Waals surface area contributed by atoms with Crippen molar-refractivity contribution in [2.75, 3.05) is 7.11 Å². The number of esters is 1. The zero-order valence-corrected chi connectivity index (χ0v) is 15.1. The number of aryl methyl sites for hydroxylation is 1. The Morgan fingerprint density at radius 3 is 1.96 bits per heavy atom. The van der Waals surface area contributed by atoms with Crippen molar-refractivity contribution in [3.8, 4) is 0 Å². The van der Waals surface area contributed by atoms with E-state index in [9.17, 15) is 4.79 Å². The first-order valence-electron chi connectivity index (χ1n) is 8.67. The molecule has 0 heterocycles. The van der Waals surface area contributed by atoms with Crippen LogP contribution in [-0.4, -0.2) is 13.1 Å². The maximum absolute atomic E-state index is 13.0. The molecule has 0 unspecified atom stereocenters. The summed E-state index contributed by atoms with van der Waals surface area (Å²) in [6.07, 6.45) is 0. The van der Waals surface area contributed by atoms with E-state index < -0.39 is 5.54 Å². The van der Waals surface area contributed by atoms with Crippen LogP contribution >= 0.6 is 0 Å². The van der Waals surface area contributed by atoms with Crippen LogP contribution in [0, 0.1) is 6.92 Å². The summed E-state index contributed by atoms with van der Waals surface area (Å²) in [6, 6.07) is 27.7. The van der Waals surface area contributed by atoms with E-state index in [2.05, 4.69) is 30.4 Å². The van der Waals surface area contributed by atoms with Gasteiger partial charge in [0.15, 0.2) is 5.54 Å². The van der Waals surface area contributed by atoms with Crippen LogP contribution in [0.25, 0.3) is 0 Å². The Bertz CT molecular complexity index is 820. The third-order valence-electron chi connectivity index (χ3n) is 4.55. The molecule has 0 bridgehead atoms. The predicted molar refractivity (Wildman–Crippen MR) is 104 cm³/mol. The maximum atomic E-state index is 13.0. The van der Waals surface area contributed by atoms with Gasteiger partial charge in [-0.05, 0) is 23.6 Å². The summed E-state index contributed by atoms with van der Waals surface area (Å²) in [5.41, 5.74) is 2.94. The molecule has 1 N–H and O–H groups in total. The van der Waals surface area contributed by atoms with E-state index in [1.54, 1.807) is 0 Å². The topological polar surface area (TPSA) is 38.3 Å². The molecule has 3 nitrogen and oxygen atoms in total. The second-order valence-corrected chi connectivity index (χ2v) is 6.32. The highest BCUT2D eigenvalue weighted by Crippen LogP contribution is 2.31. The van der Waals surface area contributed by atoms with E-state index in [0.29, 0.717) is 6.54 Å². The average molecular weight is 345 g/mol. The van der Waals surface area contributed by atoms with Crippen LogP contribution in [-0.2, 0) is 21.6 Å². The van der Waals surface area contributed by atoms with Gasteiger partial charge in [-0.25, -0.2) is 4.79 Å². The molecule has 0 spiro atoms. The zero-order chi connectivity index (χ0) is 18.4. The smallest absolute Gasteiger partial charge is 0.335 e. The van der Waals surface area contributed by atoms with Crippen LogP contribution < -0.4 is 5.32 Å². The number of carbonyl (C=O) groups is 1. The van der Waals surface area contributed by atoms with Gasteiger partial charge in [-0.15, -0.1) is 0 Å². The van der Waals surface area contributed by atoms with E-state index in [1.807, 2.05) is 66.7 Å². The standard InChI is InChI=1S/C23H23NO2/c1-18-10-9-11-19(16-18)17-24-23(22(25)26-2,20-12-5-3-6-13-20)21-14-7-4-8-15-21/h3-16,24H,17H2,1-2H3. The number of ether oxygens (including phenoxy) is 1. The lowest BCUT2D eigenvalue weighted by Crippen LogP contribution is -2.50. The lowest BCUT2D eigenvalue weighted by atomic mass is 9.82. The molecule has 0 aliphatic heterocycles. The Kier molecular flexibility index (Phi) is 5.49. The molecule has 0 fully saturated rings. The molecule has 26 heavy (non-hydrogen) atoms. The number of nitrogens with one attached hydrogen (secondary N) is 1. The van der Waals surface area contributed by atoms with Gasteiger partial charge in [-0.2, -0.15) is 0 Å². The SMILES string of the molecule is COC(=O)C(NCc1cccc(C)c1)(c1ccccc1)c1ccccc1. The molecule has 3 aromatic rings. The molecule has 0 saturated carbocycles. The van der Waals surface area contributed by atoms with Crippen LogP contribution in [0.4, 0.5) is 0 Å². The summed E-state index contributed by atoms with van der Waals surface area (Å²) in [5, 5.41) is 3.49. The monoisotopic (exact) mass is 345 g/mol. The number of hydrogen-bond acceptors (Lipinski definition) is 3. The van der Waals surface area contributed by atoms with Crippen LogP contribution in [0.2, 0.25) is 0 Å². The molecule has 3 aromatic carbocycles. The van der Waals surface area contributed by atoms with Gasteiger partial charge in [0.1, 0.15) is 0 Å². The van der Waals surface area contributed by atoms with Crippen molar-refractivity contribution in [1.82, 2.24) is 5.32 Å². The van der Waals surface area contributed by atoms with Gasteiger partial charge < -0.3 is 4.74 Å². The number of methoxy groups -OCH3 is 1. The third kappa shape index (κ3) is 3.53. The quantitative estimate of drug-likeness (QED) is 0.681. The van der Waals surface area contributed by atoms with Gasteiger partial charge in [-0.1, -0.05) is 90.5 Å². The first-order chi connectivity index (χ1) is 12.7. The van der Waals surface area contributed by atoms with E-state index in [-0.39, 0.29) is 5.97 Å². The summed E-state index contributed by atoms with van der Waals surface area (Å²) >= 11 is 0. The van der Waals surface area contributed by atoms with Crippen molar-refractivity contribution in [1.29, 1.82) is 0 Å². The van der Waals surface area contributed by atoms with Crippen molar-refractivity contribution in [3.05, 3.63) is 107 Å². The first-order valence-corrected chi connectivity index (χ1v) is 8.67. The lowest BCUT2D eigenvalue weighted by Gasteiger charge is -2.33. The molecule has 0 atom stereocenters. The fraction of sp³-hybridized carbons (Fsp3) is 0.174. The summed E-state index contributed by atoms with van der Waals surface area (Å²) in [6.45, 7) is 2.60. The second-order valence-electron chi connectivity index (χ2n) is 6.32. The van der Waals surface area contributed by atoms with Crippen LogP contribution in [0.1, 0.15) is 22.3 Å². The maximum Gasteiger partial charge on any atom is 0.335 e. The Morgan fingerprint density at radius 1 is 0.885 bits per heavy atom.